The van der Waals surface area contributed by atoms with Gasteiger partial charge in [0.05, 0.1) is 18.7 Å². The number of benzene rings is 1. The number of nitrogens with one attached hydrogen (secondary N) is 1. The summed E-state index contributed by atoms with van der Waals surface area (Å²) in [5.41, 5.74) is 5.39. The Bertz CT molecular complexity index is 744. The molecule has 0 unspecified atom stereocenters. The smallest absolute Gasteiger partial charge is 0.277 e. The fourth-order valence-electron chi connectivity index (χ4n) is 4.15. The summed E-state index contributed by atoms with van der Waals surface area (Å²) in [6, 6.07) is 14.7. The lowest BCUT2D eigenvalue weighted by molar-refractivity contribution is -0.584. The van der Waals surface area contributed by atoms with Gasteiger partial charge < -0.3 is 4.74 Å². The minimum atomic E-state index is -0.963. The van der Waals surface area contributed by atoms with Gasteiger partial charge >= 0.3 is 0 Å². The minimum Gasteiger partial charge on any atom is -0.327 e. The molecule has 2 fully saturated rings. The number of fused-ring (bicyclic) bond motifs is 2. The summed E-state index contributed by atoms with van der Waals surface area (Å²) in [4.78, 5) is 3.12. The van der Waals surface area contributed by atoms with Crippen molar-refractivity contribution in [2.24, 2.45) is 22.5 Å². The van der Waals surface area contributed by atoms with Crippen molar-refractivity contribution in [1.82, 2.24) is 0 Å². The van der Waals surface area contributed by atoms with Crippen molar-refractivity contribution in [1.29, 1.82) is 10.5 Å². The molecule has 0 amide bonds. The molecule has 4 rings (SSSR count). The maximum atomic E-state index is 9.95. The summed E-state index contributed by atoms with van der Waals surface area (Å²) in [5.74, 6) is 1.03. The zero-order valence-corrected chi connectivity index (χ0v) is 12.7. The number of hydrogen-bond donors (Lipinski definition) is 2. The predicted molar refractivity (Wildman–Crippen MR) is 81.0 cm³/mol. The summed E-state index contributed by atoms with van der Waals surface area (Å²) in [5, 5.41) is 18.9. The van der Waals surface area contributed by atoms with Gasteiger partial charge in [-0.05, 0) is 12.0 Å². The maximum absolute atomic E-state index is 9.95. The summed E-state index contributed by atoms with van der Waals surface area (Å²) in [6.45, 7) is 0.563. The fourth-order valence-corrected chi connectivity index (χ4v) is 5.53. The Morgan fingerprint density at radius 1 is 1.32 bits per heavy atom. The van der Waals surface area contributed by atoms with E-state index in [1.807, 2.05) is 30.3 Å². The second-order valence-electron chi connectivity index (χ2n) is 5.93. The number of ether oxygens (including phenoxy) is 1. The molecule has 0 radical (unpaired) electrons. The third-order valence-corrected chi connectivity index (χ3v) is 6.48. The van der Waals surface area contributed by atoms with Crippen LogP contribution in [0.5, 0.6) is 0 Å². The molecule has 110 valence electrons. The van der Waals surface area contributed by atoms with Crippen LogP contribution in [-0.2, 0) is 11.2 Å². The Balaban J connectivity index is 1.80. The van der Waals surface area contributed by atoms with E-state index < -0.39 is 15.9 Å². The van der Waals surface area contributed by atoms with Gasteiger partial charge in [0.15, 0.2) is 10.8 Å². The molecule has 4 atom stereocenters. The van der Waals surface area contributed by atoms with Crippen LogP contribution in [-0.4, -0.2) is 23.3 Å². The summed E-state index contributed by atoms with van der Waals surface area (Å²) in [7, 11) is 0. The molecule has 2 heterocycles. The topological polar surface area (TPSA) is 96.8 Å². The van der Waals surface area contributed by atoms with Crippen LogP contribution in [0.15, 0.2) is 30.3 Å². The molecule has 2 aliphatic heterocycles. The van der Waals surface area contributed by atoms with Crippen molar-refractivity contribution in [3.8, 4) is 12.1 Å². The van der Waals surface area contributed by atoms with Crippen molar-refractivity contribution in [3.05, 3.63) is 35.9 Å². The van der Waals surface area contributed by atoms with E-state index in [9.17, 15) is 10.5 Å². The van der Waals surface area contributed by atoms with E-state index in [2.05, 4.69) is 17.1 Å². The molecule has 1 aromatic carbocycles. The number of nitrogens with zero attached hydrogens (tertiary/aromatic N) is 2. The van der Waals surface area contributed by atoms with Crippen molar-refractivity contribution < 1.29 is 9.73 Å². The first-order chi connectivity index (χ1) is 10.7. The van der Waals surface area contributed by atoms with Gasteiger partial charge in [-0.2, -0.15) is 10.5 Å². The number of amidine groups is 1. The second-order valence-corrected chi connectivity index (χ2v) is 7.21. The molecule has 1 aromatic rings. The van der Waals surface area contributed by atoms with Crippen molar-refractivity contribution in [3.63, 3.8) is 0 Å². The first-order valence-corrected chi connectivity index (χ1v) is 8.21. The quantitative estimate of drug-likeness (QED) is 0.785. The first kappa shape index (κ1) is 13.6. The molecule has 0 bridgehead atoms. The second kappa shape index (κ2) is 4.25. The standard InChI is InChI=1S/C16H14N4OS/c17-9-14-12(8-11-4-2-1-3-5-11)15(14,10-18)16(20-13(14)19)21-6-7-22-16/h1-5,12H,6-8H2,(H2,19,20)/p+1/t12-,14-,15-,16-/m1/s1. The van der Waals surface area contributed by atoms with Gasteiger partial charge in [-0.3, -0.25) is 5.73 Å². The number of nitrogens with two attached hydrogens (primary N) is 1. The Labute approximate surface area is 132 Å². The lowest BCUT2D eigenvalue weighted by atomic mass is 9.95. The summed E-state index contributed by atoms with van der Waals surface area (Å²) in [6.07, 6.45) is 0.649. The van der Waals surface area contributed by atoms with Gasteiger partial charge in [-0.25, -0.2) is 4.99 Å². The monoisotopic (exact) mass is 311 g/mol. The van der Waals surface area contributed by atoms with Crippen LogP contribution in [0.2, 0.25) is 0 Å². The van der Waals surface area contributed by atoms with Gasteiger partial charge in [0.25, 0.3) is 10.9 Å². The maximum Gasteiger partial charge on any atom is 0.277 e. The molecule has 0 aromatic heterocycles. The number of rotatable bonds is 2. The van der Waals surface area contributed by atoms with E-state index in [0.29, 0.717) is 18.9 Å². The molecule has 1 saturated carbocycles. The normalized spacial score (nSPS) is 41.5. The lowest BCUT2D eigenvalue weighted by Gasteiger charge is -2.23. The van der Waals surface area contributed by atoms with E-state index in [-0.39, 0.29) is 5.92 Å². The fraction of sp³-hybridized carbons (Fsp3) is 0.438. The van der Waals surface area contributed by atoms with Crippen LogP contribution in [0.25, 0.3) is 0 Å². The lowest BCUT2D eigenvalue weighted by Crippen LogP contribution is -2.88. The highest BCUT2D eigenvalue weighted by Crippen LogP contribution is 2.77. The third-order valence-electron chi connectivity index (χ3n) is 5.16. The van der Waals surface area contributed by atoms with Crippen LogP contribution in [0.4, 0.5) is 0 Å². The molecule has 1 saturated heterocycles. The molecule has 5 nitrogen and oxygen atoms in total. The van der Waals surface area contributed by atoms with Gasteiger partial charge in [-0.15, -0.1) is 0 Å². The molecule has 1 spiro atoms. The zero-order valence-electron chi connectivity index (χ0n) is 11.9. The SMILES string of the molecule is N#C[C@@]12[C@H](Cc3ccccc3)[C@]1(C#N)C(N)=[NH+][C@@]21OCCS1. The highest BCUT2D eigenvalue weighted by molar-refractivity contribution is 8.00. The zero-order chi connectivity index (χ0) is 15.4. The van der Waals surface area contributed by atoms with E-state index in [1.54, 1.807) is 11.8 Å². The van der Waals surface area contributed by atoms with Gasteiger partial charge in [0.1, 0.15) is 0 Å². The van der Waals surface area contributed by atoms with Gasteiger partial charge in [0.2, 0.25) is 0 Å². The van der Waals surface area contributed by atoms with E-state index in [0.717, 1.165) is 11.3 Å². The van der Waals surface area contributed by atoms with E-state index in [4.69, 9.17) is 10.5 Å². The number of hydrogen-bond acceptors (Lipinski definition) is 5. The molecule has 3 aliphatic rings. The summed E-state index contributed by atoms with van der Waals surface area (Å²) < 4.78 is 5.89. The number of nitriles is 2. The Morgan fingerprint density at radius 3 is 2.68 bits per heavy atom. The van der Waals surface area contributed by atoms with Gasteiger partial charge in [-0.1, -0.05) is 42.1 Å². The predicted octanol–water partition coefficient (Wildman–Crippen LogP) is -0.253. The van der Waals surface area contributed by atoms with Crippen LogP contribution in [0.1, 0.15) is 5.56 Å². The van der Waals surface area contributed by atoms with Crippen LogP contribution >= 0.6 is 11.8 Å². The number of thioether (sulfide) groups is 1. The molecule has 1 aliphatic carbocycles. The van der Waals surface area contributed by atoms with E-state index in [1.165, 1.54) is 0 Å². The van der Waals surface area contributed by atoms with Crippen molar-refractivity contribution in [2.75, 3.05) is 12.4 Å². The van der Waals surface area contributed by atoms with Crippen LogP contribution < -0.4 is 10.7 Å². The molecule has 3 N–H and O–H groups in total. The molecular formula is C16H15N4OS+. The first-order valence-electron chi connectivity index (χ1n) is 7.22. The average Bonchev–Trinajstić information content (AvgIpc) is 2.81. The highest BCUT2D eigenvalue weighted by Gasteiger charge is 2.95. The summed E-state index contributed by atoms with van der Waals surface area (Å²) >= 11 is 1.55. The largest absolute Gasteiger partial charge is 0.327 e. The van der Waals surface area contributed by atoms with Gasteiger partial charge in [0, 0.05) is 11.7 Å². The highest BCUT2D eigenvalue weighted by atomic mass is 32.2. The average molecular weight is 311 g/mol. The van der Waals surface area contributed by atoms with Crippen LogP contribution in [0, 0.1) is 39.4 Å². The van der Waals surface area contributed by atoms with Crippen LogP contribution in [0.3, 0.4) is 0 Å². The third kappa shape index (κ3) is 1.27. The minimum absolute atomic E-state index is 0.149. The Hall–Kier alpha value is -2.02. The van der Waals surface area contributed by atoms with E-state index >= 15 is 0 Å². The molecule has 22 heavy (non-hydrogen) atoms. The van der Waals surface area contributed by atoms with Crippen molar-refractivity contribution in [2.45, 2.75) is 11.5 Å². The molecular weight excluding hydrogens is 296 g/mol. The Morgan fingerprint density at radius 2 is 2.09 bits per heavy atom. The molecule has 6 heteroatoms. The Kier molecular flexibility index (Phi) is 2.64. The van der Waals surface area contributed by atoms with Crippen molar-refractivity contribution >= 4 is 17.6 Å².